The van der Waals surface area contributed by atoms with Gasteiger partial charge >= 0.3 is 0 Å². The Morgan fingerprint density at radius 2 is 1.90 bits per heavy atom. The lowest BCUT2D eigenvalue weighted by molar-refractivity contribution is -0.407. The van der Waals surface area contributed by atoms with Crippen LogP contribution in [0, 0.1) is 5.92 Å². The molecule has 0 spiro atoms. The first kappa shape index (κ1) is 16.2. The molecule has 20 heavy (non-hydrogen) atoms. The molecule has 1 heterocycles. The third kappa shape index (κ3) is 3.57. The Labute approximate surface area is 123 Å². The van der Waals surface area contributed by atoms with Gasteiger partial charge in [0.2, 0.25) is 5.70 Å². The molecule has 1 aliphatic heterocycles. The van der Waals surface area contributed by atoms with Crippen LogP contribution in [0.15, 0.2) is 72.2 Å². The zero-order valence-corrected chi connectivity index (χ0v) is 13.1. The zero-order chi connectivity index (χ0) is 15.0. The van der Waals surface area contributed by atoms with Crippen molar-refractivity contribution in [1.29, 1.82) is 0 Å². The zero-order valence-electron chi connectivity index (χ0n) is 13.1. The lowest BCUT2D eigenvalue weighted by atomic mass is 9.99. The van der Waals surface area contributed by atoms with Gasteiger partial charge in [-0.2, -0.15) is 4.58 Å². The number of hydrogen-bond acceptors (Lipinski definition) is 0. The van der Waals surface area contributed by atoms with Crippen LogP contribution in [0.4, 0.5) is 0 Å². The molecule has 1 rings (SSSR count). The predicted molar refractivity (Wildman–Crippen MR) is 89.9 cm³/mol. The summed E-state index contributed by atoms with van der Waals surface area (Å²) in [5, 5.41) is 0. The molecule has 1 heteroatoms. The monoisotopic (exact) mass is 268 g/mol. The Kier molecular flexibility index (Phi) is 6.72. The van der Waals surface area contributed by atoms with E-state index >= 15 is 0 Å². The molecule has 1 atom stereocenters. The normalized spacial score (nSPS) is 24.3. The SMILES string of the molecule is C=CC1=C(/C=C\C)C(C)C(=C\CC)/[N+]1=C/C=C\C=C/C. The largest absolute Gasteiger partial charge is 0.214 e. The number of allylic oxidation sites excluding steroid dienone is 9. The molecular formula is C19H26N+. The van der Waals surface area contributed by atoms with E-state index in [0.717, 1.165) is 6.42 Å². The summed E-state index contributed by atoms with van der Waals surface area (Å²) in [4.78, 5) is 0. The molecule has 0 aromatic heterocycles. The van der Waals surface area contributed by atoms with Crippen molar-refractivity contribution in [2.24, 2.45) is 5.92 Å². The molecule has 0 radical (unpaired) electrons. The average Bonchev–Trinajstić information content (AvgIpc) is 2.69. The molecule has 0 saturated heterocycles. The molecule has 106 valence electrons. The molecule has 0 aromatic rings. The Bertz CT molecular complexity index is 522. The smallest absolute Gasteiger partial charge is 0.164 e. The molecule has 0 aromatic carbocycles. The van der Waals surface area contributed by atoms with Crippen molar-refractivity contribution in [3.8, 4) is 0 Å². The number of rotatable bonds is 5. The maximum absolute atomic E-state index is 3.98. The van der Waals surface area contributed by atoms with E-state index in [2.05, 4.69) is 62.4 Å². The molecule has 0 N–H and O–H groups in total. The minimum atomic E-state index is 0.408. The van der Waals surface area contributed by atoms with Crippen molar-refractivity contribution in [1.82, 2.24) is 0 Å². The van der Waals surface area contributed by atoms with Crippen molar-refractivity contribution in [2.75, 3.05) is 0 Å². The van der Waals surface area contributed by atoms with Gasteiger partial charge in [-0.1, -0.05) is 43.9 Å². The summed E-state index contributed by atoms with van der Waals surface area (Å²) in [5.74, 6) is 0.408. The van der Waals surface area contributed by atoms with E-state index < -0.39 is 0 Å². The standard InChI is InChI=1S/C19H26N/c1-6-10-11-12-15-20-18(9-4)17(13-7-2)16(5)19(20)14-8-3/h6-7,9-16H,4,8H2,1-3,5H3/q+1/b10-6-,12-11-,13-7-,19-14+,20-15+. The second-order valence-electron chi connectivity index (χ2n) is 4.73. The Morgan fingerprint density at radius 3 is 2.45 bits per heavy atom. The fourth-order valence-corrected chi connectivity index (χ4v) is 2.46. The van der Waals surface area contributed by atoms with Gasteiger partial charge in [0.1, 0.15) is 0 Å². The topological polar surface area (TPSA) is 3.01 Å². The first-order valence-corrected chi connectivity index (χ1v) is 7.32. The maximum atomic E-state index is 3.98. The van der Waals surface area contributed by atoms with Crippen LogP contribution in [0.3, 0.4) is 0 Å². The van der Waals surface area contributed by atoms with Crippen molar-refractivity contribution in [3.63, 3.8) is 0 Å². The van der Waals surface area contributed by atoms with E-state index in [4.69, 9.17) is 0 Å². The van der Waals surface area contributed by atoms with Crippen molar-refractivity contribution >= 4 is 6.21 Å². The Balaban J connectivity index is 3.33. The van der Waals surface area contributed by atoms with Gasteiger partial charge < -0.3 is 0 Å². The third-order valence-corrected chi connectivity index (χ3v) is 3.35. The van der Waals surface area contributed by atoms with Crippen LogP contribution in [0.5, 0.6) is 0 Å². The predicted octanol–water partition coefficient (Wildman–Crippen LogP) is 5.16. The average molecular weight is 268 g/mol. The lowest BCUT2D eigenvalue weighted by Crippen LogP contribution is -2.07. The summed E-state index contributed by atoms with van der Waals surface area (Å²) in [5.41, 5.74) is 3.85. The van der Waals surface area contributed by atoms with Crippen LogP contribution in [0.1, 0.15) is 34.1 Å². The number of hydrogen-bond donors (Lipinski definition) is 0. The summed E-state index contributed by atoms with van der Waals surface area (Å²) >= 11 is 0. The second kappa shape index (κ2) is 8.31. The third-order valence-electron chi connectivity index (χ3n) is 3.35. The van der Waals surface area contributed by atoms with Crippen LogP contribution in [-0.2, 0) is 0 Å². The lowest BCUT2D eigenvalue weighted by Gasteiger charge is -2.01. The molecule has 1 unspecified atom stereocenters. The minimum absolute atomic E-state index is 0.408. The summed E-state index contributed by atoms with van der Waals surface area (Å²) in [7, 11) is 0. The summed E-state index contributed by atoms with van der Waals surface area (Å²) in [6, 6.07) is 0. The van der Waals surface area contributed by atoms with Crippen LogP contribution >= 0.6 is 0 Å². The molecular weight excluding hydrogens is 242 g/mol. The fourth-order valence-electron chi connectivity index (χ4n) is 2.46. The number of nitrogens with zero attached hydrogens (tertiary/aromatic N) is 1. The van der Waals surface area contributed by atoms with Crippen molar-refractivity contribution < 1.29 is 4.58 Å². The fraction of sp³-hybridized carbons (Fsp3) is 0.316. The van der Waals surface area contributed by atoms with Gasteiger partial charge in [0.25, 0.3) is 0 Å². The van der Waals surface area contributed by atoms with E-state index in [1.165, 1.54) is 17.0 Å². The van der Waals surface area contributed by atoms with Gasteiger partial charge in [-0.05, 0) is 33.3 Å². The molecule has 1 nitrogen and oxygen atoms in total. The van der Waals surface area contributed by atoms with Crippen LogP contribution in [0.2, 0.25) is 0 Å². The van der Waals surface area contributed by atoms with E-state index in [0.29, 0.717) is 5.92 Å². The van der Waals surface area contributed by atoms with E-state index in [1.54, 1.807) is 0 Å². The summed E-state index contributed by atoms with van der Waals surface area (Å²) in [6.07, 6.45) is 19.8. The molecule has 0 bridgehead atoms. The molecule has 1 aliphatic rings. The highest BCUT2D eigenvalue weighted by Gasteiger charge is 2.35. The van der Waals surface area contributed by atoms with E-state index in [9.17, 15) is 0 Å². The van der Waals surface area contributed by atoms with Gasteiger partial charge in [-0.15, -0.1) is 0 Å². The first-order valence-electron chi connectivity index (χ1n) is 7.32. The van der Waals surface area contributed by atoms with Gasteiger partial charge in [-0.25, -0.2) is 0 Å². The highest BCUT2D eigenvalue weighted by Crippen LogP contribution is 2.35. The molecule has 0 amide bonds. The van der Waals surface area contributed by atoms with E-state index in [1.807, 2.05) is 31.2 Å². The Morgan fingerprint density at radius 1 is 1.15 bits per heavy atom. The molecule has 0 fully saturated rings. The Hall–Kier alpha value is -1.89. The quantitative estimate of drug-likeness (QED) is 0.478. The van der Waals surface area contributed by atoms with Gasteiger partial charge in [0, 0.05) is 17.7 Å². The molecule has 0 aliphatic carbocycles. The highest BCUT2D eigenvalue weighted by molar-refractivity contribution is 5.68. The second-order valence-corrected chi connectivity index (χ2v) is 4.73. The van der Waals surface area contributed by atoms with Crippen LogP contribution < -0.4 is 0 Å². The first-order chi connectivity index (χ1) is 9.71. The van der Waals surface area contributed by atoms with E-state index in [-0.39, 0.29) is 0 Å². The van der Waals surface area contributed by atoms with Gasteiger partial charge in [0.15, 0.2) is 11.9 Å². The van der Waals surface area contributed by atoms with Gasteiger partial charge in [-0.3, -0.25) is 0 Å². The molecule has 0 saturated carbocycles. The highest BCUT2D eigenvalue weighted by atomic mass is 15.1. The van der Waals surface area contributed by atoms with Crippen LogP contribution in [0.25, 0.3) is 0 Å². The van der Waals surface area contributed by atoms with Crippen molar-refractivity contribution in [3.05, 3.63) is 72.2 Å². The van der Waals surface area contributed by atoms with Gasteiger partial charge in [0.05, 0.1) is 5.92 Å². The van der Waals surface area contributed by atoms with Crippen LogP contribution in [-0.4, -0.2) is 10.8 Å². The summed E-state index contributed by atoms with van der Waals surface area (Å²) < 4.78 is 2.25. The minimum Gasteiger partial charge on any atom is -0.164 e. The maximum Gasteiger partial charge on any atom is 0.214 e. The summed E-state index contributed by atoms with van der Waals surface area (Å²) in [6.45, 7) is 12.5. The van der Waals surface area contributed by atoms with Crippen molar-refractivity contribution in [2.45, 2.75) is 34.1 Å².